The summed E-state index contributed by atoms with van der Waals surface area (Å²) in [6, 6.07) is 6.41. The Labute approximate surface area is 159 Å². The Balaban J connectivity index is 2.29. The highest BCUT2D eigenvalue weighted by Gasteiger charge is 2.25. The van der Waals surface area contributed by atoms with E-state index in [2.05, 4.69) is 31.4 Å². The molecule has 0 aliphatic heterocycles. The van der Waals surface area contributed by atoms with Crippen LogP contribution in [-0.4, -0.2) is 29.2 Å². The molecule has 8 heteroatoms. The number of rotatable bonds is 6. The minimum absolute atomic E-state index is 0.0367. The number of benzene rings is 1. The van der Waals surface area contributed by atoms with E-state index < -0.39 is 17.9 Å². The fraction of sp³-hybridized carbons (Fsp3) is 0.353. The molecule has 0 spiro atoms. The first kappa shape index (κ1) is 19.5. The Kier molecular flexibility index (Phi) is 6.61. The summed E-state index contributed by atoms with van der Waals surface area (Å²) in [5, 5.41) is 10.2. The van der Waals surface area contributed by atoms with Gasteiger partial charge < -0.3 is 10.1 Å². The second kappa shape index (κ2) is 8.49. The molecule has 0 aliphatic carbocycles. The molecular weight excluding hydrogens is 410 g/mol. The monoisotopic (exact) mass is 427 g/mol. The minimum Gasteiger partial charge on any atom is -0.469 e. The minimum atomic E-state index is -0.625. The molecular formula is C17H19BrClN3O3. The van der Waals surface area contributed by atoms with E-state index >= 15 is 0 Å². The fourth-order valence-electron chi connectivity index (χ4n) is 2.35. The molecule has 2 aromatic rings. The van der Waals surface area contributed by atoms with Crippen molar-refractivity contribution < 1.29 is 14.3 Å². The van der Waals surface area contributed by atoms with Crippen LogP contribution in [0.1, 0.15) is 54.0 Å². The first-order chi connectivity index (χ1) is 11.8. The first-order valence-electron chi connectivity index (χ1n) is 7.71. The van der Waals surface area contributed by atoms with Gasteiger partial charge in [-0.05, 0) is 33.5 Å². The van der Waals surface area contributed by atoms with Crippen molar-refractivity contribution in [3.8, 4) is 0 Å². The molecule has 1 atom stereocenters. The topological polar surface area (TPSA) is 84.1 Å². The van der Waals surface area contributed by atoms with Crippen molar-refractivity contribution in [2.24, 2.45) is 0 Å². The van der Waals surface area contributed by atoms with Gasteiger partial charge in [-0.2, -0.15) is 5.10 Å². The van der Waals surface area contributed by atoms with E-state index in [9.17, 15) is 9.59 Å². The lowest BCUT2D eigenvalue weighted by molar-refractivity contribution is -0.141. The number of nitrogens with zero attached hydrogens (tertiary/aromatic N) is 1. The summed E-state index contributed by atoms with van der Waals surface area (Å²) >= 11 is 9.62. The van der Waals surface area contributed by atoms with Crippen molar-refractivity contribution in [2.45, 2.75) is 32.2 Å². The normalized spacial score (nSPS) is 12.1. The van der Waals surface area contributed by atoms with Gasteiger partial charge in [-0.15, -0.1) is 0 Å². The molecule has 0 bridgehead atoms. The second-order valence-corrected chi connectivity index (χ2v) is 6.98. The molecule has 0 radical (unpaired) electrons. The molecule has 0 fully saturated rings. The summed E-state index contributed by atoms with van der Waals surface area (Å²) in [6.07, 6.45) is -0.0367. The lowest BCUT2D eigenvalue weighted by Gasteiger charge is -2.19. The van der Waals surface area contributed by atoms with Gasteiger partial charge >= 0.3 is 5.97 Å². The van der Waals surface area contributed by atoms with Gasteiger partial charge in [0.25, 0.3) is 5.91 Å². The number of carbonyl (C=O) groups excluding carboxylic acids is 2. The average molecular weight is 429 g/mol. The summed E-state index contributed by atoms with van der Waals surface area (Å²) in [5.74, 6) is -0.684. The summed E-state index contributed by atoms with van der Waals surface area (Å²) in [6.45, 7) is 3.98. The Hall–Kier alpha value is -1.86. The number of amides is 1. The number of ether oxygens (including phenoxy) is 1. The maximum atomic E-state index is 12.6. The summed E-state index contributed by atoms with van der Waals surface area (Å²) in [7, 11) is 1.30. The third-order valence-electron chi connectivity index (χ3n) is 3.71. The third kappa shape index (κ3) is 4.61. The molecule has 1 aromatic heterocycles. The van der Waals surface area contributed by atoms with Gasteiger partial charge in [0.1, 0.15) is 0 Å². The van der Waals surface area contributed by atoms with E-state index in [1.165, 1.54) is 7.11 Å². The molecule has 1 unspecified atom stereocenters. The average Bonchev–Trinajstić information content (AvgIpc) is 2.96. The number of halogens is 2. The van der Waals surface area contributed by atoms with Crippen molar-refractivity contribution in [3.05, 3.63) is 50.7 Å². The van der Waals surface area contributed by atoms with Crippen molar-refractivity contribution >= 4 is 39.4 Å². The number of methoxy groups -OCH3 is 1. The molecule has 6 nitrogen and oxygen atoms in total. The number of hydrogen-bond donors (Lipinski definition) is 2. The number of aromatic nitrogens is 2. The van der Waals surface area contributed by atoms with Crippen LogP contribution in [0.3, 0.4) is 0 Å². The molecule has 1 aromatic carbocycles. The van der Waals surface area contributed by atoms with Gasteiger partial charge in [-0.3, -0.25) is 14.7 Å². The Morgan fingerprint density at radius 1 is 1.36 bits per heavy atom. The van der Waals surface area contributed by atoms with Gasteiger partial charge in [0, 0.05) is 5.02 Å². The molecule has 25 heavy (non-hydrogen) atoms. The number of hydrogen-bond acceptors (Lipinski definition) is 4. The van der Waals surface area contributed by atoms with Gasteiger partial charge in [-0.1, -0.05) is 43.6 Å². The maximum Gasteiger partial charge on any atom is 0.307 e. The molecule has 0 saturated carbocycles. The number of aromatic amines is 1. The standard InChI is InChI=1S/C17H19BrClN3O3/c1-9(2)15-14(18)16(22-21-15)17(24)20-12(8-13(23)25-3)10-6-4-5-7-11(10)19/h4-7,9,12H,8H2,1-3H3,(H,20,24)(H,21,22). The zero-order valence-corrected chi connectivity index (χ0v) is 16.4. The SMILES string of the molecule is COC(=O)CC(NC(=O)c1n[nH]c(C(C)C)c1Br)c1ccccc1Cl. The van der Waals surface area contributed by atoms with Crippen molar-refractivity contribution in [1.29, 1.82) is 0 Å². The van der Waals surface area contributed by atoms with E-state index in [-0.39, 0.29) is 18.0 Å². The summed E-state index contributed by atoms with van der Waals surface area (Å²) in [5.41, 5.74) is 1.69. The van der Waals surface area contributed by atoms with E-state index in [1.54, 1.807) is 24.3 Å². The van der Waals surface area contributed by atoms with Crippen LogP contribution < -0.4 is 5.32 Å². The largest absolute Gasteiger partial charge is 0.469 e. The highest BCUT2D eigenvalue weighted by atomic mass is 79.9. The lowest BCUT2D eigenvalue weighted by Crippen LogP contribution is -2.31. The highest BCUT2D eigenvalue weighted by Crippen LogP contribution is 2.28. The molecule has 1 heterocycles. The van der Waals surface area contributed by atoms with Crippen LogP contribution in [0, 0.1) is 0 Å². The number of carbonyl (C=O) groups is 2. The fourth-order valence-corrected chi connectivity index (χ4v) is 3.43. The number of nitrogens with one attached hydrogen (secondary N) is 2. The van der Waals surface area contributed by atoms with Crippen LogP contribution in [0.2, 0.25) is 5.02 Å². The third-order valence-corrected chi connectivity index (χ3v) is 4.86. The lowest BCUT2D eigenvalue weighted by atomic mass is 10.0. The Morgan fingerprint density at radius 2 is 2.04 bits per heavy atom. The zero-order valence-electron chi connectivity index (χ0n) is 14.1. The molecule has 2 N–H and O–H groups in total. The van der Waals surface area contributed by atoms with Crippen molar-refractivity contribution in [2.75, 3.05) is 7.11 Å². The molecule has 0 aliphatic rings. The second-order valence-electron chi connectivity index (χ2n) is 5.78. The summed E-state index contributed by atoms with van der Waals surface area (Å²) < 4.78 is 5.33. The summed E-state index contributed by atoms with van der Waals surface area (Å²) in [4.78, 5) is 24.4. The van der Waals surface area contributed by atoms with Crippen LogP contribution in [0.5, 0.6) is 0 Å². The predicted octanol–water partition coefficient (Wildman–Crippen LogP) is 3.98. The van der Waals surface area contributed by atoms with Crippen LogP contribution in [0.15, 0.2) is 28.7 Å². The van der Waals surface area contributed by atoms with E-state index in [4.69, 9.17) is 16.3 Å². The van der Waals surface area contributed by atoms with Gasteiger partial charge in [-0.25, -0.2) is 0 Å². The number of H-pyrrole nitrogens is 1. The van der Waals surface area contributed by atoms with Crippen LogP contribution in [0.4, 0.5) is 0 Å². The van der Waals surface area contributed by atoms with Crippen molar-refractivity contribution in [1.82, 2.24) is 15.5 Å². The smallest absolute Gasteiger partial charge is 0.307 e. The van der Waals surface area contributed by atoms with Crippen LogP contribution in [0.25, 0.3) is 0 Å². The van der Waals surface area contributed by atoms with Gasteiger partial charge in [0.15, 0.2) is 5.69 Å². The van der Waals surface area contributed by atoms with Gasteiger partial charge in [0.05, 0.1) is 29.7 Å². The Morgan fingerprint density at radius 3 is 2.60 bits per heavy atom. The highest BCUT2D eigenvalue weighted by molar-refractivity contribution is 9.10. The van der Waals surface area contributed by atoms with Crippen LogP contribution in [-0.2, 0) is 9.53 Å². The predicted molar refractivity (Wildman–Crippen MR) is 98.7 cm³/mol. The van der Waals surface area contributed by atoms with Crippen LogP contribution >= 0.6 is 27.5 Å². The van der Waals surface area contributed by atoms with E-state index in [1.807, 2.05) is 13.8 Å². The Bertz CT molecular complexity index is 776. The van der Waals surface area contributed by atoms with E-state index in [0.717, 1.165) is 5.69 Å². The quantitative estimate of drug-likeness (QED) is 0.682. The molecule has 1 amide bonds. The van der Waals surface area contributed by atoms with E-state index in [0.29, 0.717) is 15.1 Å². The molecule has 134 valence electrons. The van der Waals surface area contributed by atoms with Gasteiger partial charge in [0.2, 0.25) is 0 Å². The zero-order chi connectivity index (χ0) is 18.6. The first-order valence-corrected chi connectivity index (χ1v) is 8.88. The molecule has 0 saturated heterocycles. The molecule has 2 rings (SSSR count). The number of esters is 1. The maximum absolute atomic E-state index is 12.6. The van der Waals surface area contributed by atoms with Crippen molar-refractivity contribution in [3.63, 3.8) is 0 Å².